The molecule has 0 aliphatic rings. The SMILES string of the molecule is COC(=O)c1ccc(Nc2cc(C(=O)N(C)Cc3ccccc3)ccn2)cc1. The predicted molar refractivity (Wildman–Crippen MR) is 108 cm³/mol. The van der Waals surface area contributed by atoms with Crippen molar-refractivity contribution in [3.8, 4) is 0 Å². The van der Waals surface area contributed by atoms with Gasteiger partial charge in [0.05, 0.1) is 12.7 Å². The van der Waals surface area contributed by atoms with Crippen LogP contribution in [0.3, 0.4) is 0 Å². The molecule has 2 aromatic carbocycles. The zero-order chi connectivity index (χ0) is 19.9. The van der Waals surface area contributed by atoms with Crippen LogP contribution in [0.5, 0.6) is 0 Å². The zero-order valence-electron chi connectivity index (χ0n) is 15.8. The summed E-state index contributed by atoms with van der Waals surface area (Å²) < 4.78 is 4.69. The molecule has 6 heteroatoms. The van der Waals surface area contributed by atoms with E-state index in [0.29, 0.717) is 23.5 Å². The van der Waals surface area contributed by atoms with E-state index < -0.39 is 5.97 Å². The molecule has 0 bridgehead atoms. The number of rotatable bonds is 6. The number of hydrogen-bond donors (Lipinski definition) is 1. The smallest absolute Gasteiger partial charge is 0.337 e. The van der Waals surface area contributed by atoms with Gasteiger partial charge in [-0.15, -0.1) is 0 Å². The number of ether oxygens (including phenoxy) is 1. The van der Waals surface area contributed by atoms with E-state index in [-0.39, 0.29) is 5.91 Å². The molecule has 0 aliphatic carbocycles. The van der Waals surface area contributed by atoms with Gasteiger partial charge in [0.2, 0.25) is 0 Å². The first-order valence-electron chi connectivity index (χ1n) is 8.77. The molecule has 0 spiro atoms. The molecule has 6 nitrogen and oxygen atoms in total. The third-order valence-corrected chi connectivity index (χ3v) is 4.19. The molecule has 3 aromatic rings. The van der Waals surface area contributed by atoms with Gasteiger partial charge in [-0.05, 0) is 42.0 Å². The number of methoxy groups -OCH3 is 1. The van der Waals surface area contributed by atoms with Crippen molar-refractivity contribution < 1.29 is 14.3 Å². The van der Waals surface area contributed by atoms with E-state index in [1.807, 2.05) is 30.3 Å². The van der Waals surface area contributed by atoms with Crippen LogP contribution in [-0.2, 0) is 11.3 Å². The standard InChI is InChI=1S/C22H21N3O3/c1-25(15-16-6-4-3-5-7-16)21(26)18-12-13-23-20(14-18)24-19-10-8-17(9-11-19)22(27)28-2/h3-14H,15H2,1-2H3,(H,23,24). The van der Waals surface area contributed by atoms with E-state index in [9.17, 15) is 9.59 Å². The fourth-order valence-corrected chi connectivity index (χ4v) is 2.74. The Kier molecular flexibility index (Phi) is 6.01. The molecule has 0 atom stereocenters. The van der Waals surface area contributed by atoms with Crippen LogP contribution in [0.2, 0.25) is 0 Å². The molecule has 28 heavy (non-hydrogen) atoms. The lowest BCUT2D eigenvalue weighted by atomic mass is 10.2. The normalized spacial score (nSPS) is 10.2. The van der Waals surface area contributed by atoms with Gasteiger partial charge in [0, 0.05) is 31.0 Å². The van der Waals surface area contributed by atoms with Crippen molar-refractivity contribution in [2.45, 2.75) is 6.54 Å². The third-order valence-electron chi connectivity index (χ3n) is 4.19. The van der Waals surface area contributed by atoms with E-state index in [1.54, 1.807) is 54.5 Å². The first-order valence-corrected chi connectivity index (χ1v) is 8.77. The summed E-state index contributed by atoms with van der Waals surface area (Å²) in [6.07, 6.45) is 1.59. The molecule has 142 valence electrons. The maximum Gasteiger partial charge on any atom is 0.337 e. The van der Waals surface area contributed by atoms with Gasteiger partial charge in [0.25, 0.3) is 5.91 Å². The Morgan fingerprint density at radius 3 is 2.39 bits per heavy atom. The second-order valence-corrected chi connectivity index (χ2v) is 6.27. The lowest BCUT2D eigenvalue weighted by Crippen LogP contribution is -2.26. The number of amides is 1. The number of benzene rings is 2. The summed E-state index contributed by atoms with van der Waals surface area (Å²) in [6, 6.07) is 20.1. The van der Waals surface area contributed by atoms with Crippen molar-refractivity contribution in [2.24, 2.45) is 0 Å². The van der Waals surface area contributed by atoms with Gasteiger partial charge in [0.15, 0.2) is 0 Å². The van der Waals surface area contributed by atoms with Gasteiger partial charge in [-0.3, -0.25) is 4.79 Å². The number of carbonyl (C=O) groups is 2. The molecule has 0 fully saturated rings. The molecular weight excluding hydrogens is 354 g/mol. The van der Waals surface area contributed by atoms with Crippen molar-refractivity contribution in [1.29, 1.82) is 0 Å². The molecule has 1 heterocycles. The van der Waals surface area contributed by atoms with E-state index >= 15 is 0 Å². The summed E-state index contributed by atoms with van der Waals surface area (Å²) in [5, 5.41) is 3.14. The van der Waals surface area contributed by atoms with Crippen molar-refractivity contribution in [2.75, 3.05) is 19.5 Å². The highest BCUT2D eigenvalue weighted by atomic mass is 16.5. The van der Waals surface area contributed by atoms with E-state index in [0.717, 1.165) is 11.3 Å². The number of esters is 1. The largest absolute Gasteiger partial charge is 0.465 e. The minimum Gasteiger partial charge on any atom is -0.465 e. The van der Waals surface area contributed by atoms with Gasteiger partial charge in [0.1, 0.15) is 5.82 Å². The molecule has 1 aromatic heterocycles. The highest BCUT2D eigenvalue weighted by Gasteiger charge is 2.13. The second-order valence-electron chi connectivity index (χ2n) is 6.27. The topological polar surface area (TPSA) is 71.5 Å². The summed E-state index contributed by atoms with van der Waals surface area (Å²) in [7, 11) is 3.12. The summed E-state index contributed by atoms with van der Waals surface area (Å²) in [4.78, 5) is 30.2. The number of nitrogens with zero attached hydrogens (tertiary/aromatic N) is 2. The minimum absolute atomic E-state index is 0.0876. The number of aromatic nitrogens is 1. The molecule has 3 rings (SSSR count). The Balaban J connectivity index is 1.69. The first-order chi connectivity index (χ1) is 13.6. The minimum atomic E-state index is -0.390. The van der Waals surface area contributed by atoms with Crippen molar-refractivity contribution in [3.63, 3.8) is 0 Å². The van der Waals surface area contributed by atoms with Gasteiger partial charge in [-0.1, -0.05) is 30.3 Å². The van der Waals surface area contributed by atoms with E-state index in [4.69, 9.17) is 0 Å². The van der Waals surface area contributed by atoms with Gasteiger partial charge >= 0.3 is 5.97 Å². The molecule has 0 radical (unpaired) electrons. The Hall–Kier alpha value is -3.67. The average Bonchev–Trinajstić information content (AvgIpc) is 2.74. The van der Waals surface area contributed by atoms with E-state index in [2.05, 4.69) is 15.0 Å². The molecule has 1 N–H and O–H groups in total. The van der Waals surface area contributed by atoms with Crippen LogP contribution in [0, 0.1) is 0 Å². The highest BCUT2D eigenvalue weighted by molar-refractivity contribution is 5.94. The Labute approximate surface area is 163 Å². The Morgan fingerprint density at radius 1 is 1.00 bits per heavy atom. The summed E-state index contributed by atoms with van der Waals surface area (Å²) in [6.45, 7) is 0.528. The Bertz CT molecular complexity index is 956. The van der Waals surface area contributed by atoms with Gasteiger partial charge < -0.3 is 15.0 Å². The number of nitrogens with one attached hydrogen (secondary N) is 1. The molecule has 0 saturated carbocycles. The summed E-state index contributed by atoms with van der Waals surface area (Å²) in [5.74, 6) is 0.0684. The number of anilines is 2. The van der Waals surface area contributed by atoms with Crippen LogP contribution in [0.4, 0.5) is 11.5 Å². The number of carbonyl (C=O) groups excluding carboxylic acids is 2. The van der Waals surface area contributed by atoms with Crippen LogP contribution >= 0.6 is 0 Å². The van der Waals surface area contributed by atoms with E-state index in [1.165, 1.54) is 7.11 Å². The van der Waals surface area contributed by atoms with Crippen LogP contribution in [-0.4, -0.2) is 35.9 Å². The zero-order valence-corrected chi connectivity index (χ0v) is 15.8. The van der Waals surface area contributed by atoms with Crippen molar-refractivity contribution in [3.05, 3.63) is 89.6 Å². The second kappa shape index (κ2) is 8.81. The lowest BCUT2D eigenvalue weighted by Gasteiger charge is -2.17. The molecule has 1 amide bonds. The quantitative estimate of drug-likeness (QED) is 0.662. The molecular formula is C22H21N3O3. The average molecular weight is 375 g/mol. The van der Waals surface area contributed by atoms with Crippen LogP contribution in [0.1, 0.15) is 26.3 Å². The number of hydrogen-bond acceptors (Lipinski definition) is 5. The van der Waals surface area contributed by atoms with Crippen LogP contribution in [0.15, 0.2) is 72.9 Å². The molecule has 0 unspecified atom stereocenters. The fourth-order valence-electron chi connectivity index (χ4n) is 2.74. The molecule has 0 saturated heterocycles. The predicted octanol–water partition coefficient (Wildman–Crippen LogP) is 3.88. The third kappa shape index (κ3) is 4.73. The van der Waals surface area contributed by atoms with Gasteiger partial charge in [-0.2, -0.15) is 0 Å². The molecule has 0 aliphatic heterocycles. The fraction of sp³-hybridized carbons (Fsp3) is 0.136. The Morgan fingerprint density at radius 2 is 1.71 bits per heavy atom. The van der Waals surface area contributed by atoms with Crippen molar-refractivity contribution in [1.82, 2.24) is 9.88 Å². The maximum atomic E-state index is 12.7. The van der Waals surface area contributed by atoms with Crippen LogP contribution < -0.4 is 5.32 Å². The van der Waals surface area contributed by atoms with Gasteiger partial charge in [-0.25, -0.2) is 9.78 Å². The van der Waals surface area contributed by atoms with Crippen LogP contribution in [0.25, 0.3) is 0 Å². The maximum absolute atomic E-state index is 12.7. The summed E-state index contributed by atoms with van der Waals surface area (Å²) in [5.41, 5.74) is 2.83. The summed E-state index contributed by atoms with van der Waals surface area (Å²) >= 11 is 0. The first kappa shape index (κ1) is 19.1. The highest BCUT2D eigenvalue weighted by Crippen LogP contribution is 2.18. The van der Waals surface area contributed by atoms with Crippen molar-refractivity contribution >= 4 is 23.4 Å². The number of pyridine rings is 1. The monoisotopic (exact) mass is 375 g/mol. The lowest BCUT2D eigenvalue weighted by molar-refractivity contribution is 0.0600.